The first-order chi connectivity index (χ1) is 33.5. The van der Waals surface area contributed by atoms with E-state index in [1.54, 1.807) is 24.3 Å². The van der Waals surface area contributed by atoms with Crippen LogP contribution in [0.3, 0.4) is 0 Å². The molecule has 1 aliphatic rings. The third-order valence-corrected chi connectivity index (χ3v) is 9.04. The molecular formula is C50H34. The lowest BCUT2D eigenvalue weighted by molar-refractivity contribution is 0.932. The highest BCUT2D eigenvalue weighted by Gasteiger charge is 2.20. The van der Waals surface area contributed by atoms with Crippen molar-refractivity contribution in [3.63, 3.8) is 0 Å². The average Bonchev–Trinajstić information content (AvgIpc) is 3.36. The van der Waals surface area contributed by atoms with Crippen LogP contribution in [0.1, 0.15) is 46.7 Å². The maximum absolute atomic E-state index is 10.3. The Kier molecular flexibility index (Phi) is 3.45. The standard InChI is InChI=1S/C50H34/c1-3-13-38-30-40(26-22-33(38)10-1)35-20-24-37(25-21-35)49-45-17-7-8-18-46(45)50(42-27-23-34-11-2-4-14-39(34)31-42)48-32-41(28-29-47(48)49)44-19-9-15-36-12-5-6-16-43(36)44/h1-27,29-32,41H,28H2/i2D,4D,5D,6D,7D,8D,9D,11D,12D,14D,15D,16D,17D,18D,19D,23D,27D,28D,29D,31D,32D. The number of hydrogen-bond donors (Lipinski definition) is 0. The van der Waals surface area contributed by atoms with Crippen molar-refractivity contribution < 1.29 is 28.8 Å². The van der Waals surface area contributed by atoms with Crippen molar-refractivity contribution in [2.75, 3.05) is 0 Å². The molecule has 0 radical (unpaired) electrons. The van der Waals surface area contributed by atoms with Crippen LogP contribution in [0.2, 0.25) is 0 Å². The fraction of sp³-hybridized carbons (Fsp3) is 0.0400. The Balaban J connectivity index is 1.46. The van der Waals surface area contributed by atoms with E-state index < -0.39 is 182 Å². The zero-order valence-corrected chi connectivity index (χ0v) is 26.0. The van der Waals surface area contributed by atoms with E-state index in [4.69, 9.17) is 16.4 Å². The smallest absolute Gasteiger partial charge is 0.0636 e. The van der Waals surface area contributed by atoms with Crippen molar-refractivity contribution in [1.29, 1.82) is 0 Å². The van der Waals surface area contributed by atoms with Gasteiger partial charge in [0, 0.05) is 7.29 Å². The summed E-state index contributed by atoms with van der Waals surface area (Å²) in [6.07, 6.45) is -1.96. The van der Waals surface area contributed by atoms with E-state index in [0.717, 1.165) is 21.9 Å². The Morgan fingerprint density at radius 1 is 0.460 bits per heavy atom. The number of rotatable bonds is 4. The molecule has 9 aromatic rings. The Hall–Kier alpha value is -6.24. The highest BCUT2D eigenvalue weighted by Crippen LogP contribution is 2.37. The molecule has 1 aliphatic carbocycles. The summed E-state index contributed by atoms with van der Waals surface area (Å²) >= 11 is 0. The van der Waals surface area contributed by atoms with Crippen molar-refractivity contribution in [3.05, 3.63) is 191 Å². The van der Waals surface area contributed by atoms with E-state index in [1.165, 1.54) is 0 Å². The van der Waals surface area contributed by atoms with Gasteiger partial charge < -0.3 is 0 Å². The molecule has 9 aromatic carbocycles. The van der Waals surface area contributed by atoms with Crippen molar-refractivity contribution in [2.24, 2.45) is 0 Å². The molecule has 0 amide bonds. The van der Waals surface area contributed by atoms with Gasteiger partial charge in [-0.05, 0) is 111 Å². The van der Waals surface area contributed by atoms with Crippen LogP contribution in [-0.2, 0) is 0 Å². The van der Waals surface area contributed by atoms with E-state index in [1.807, 2.05) is 42.5 Å². The Morgan fingerprint density at radius 2 is 1.10 bits per heavy atom. The second-order valence-electron chi connectivity index (χ2n) is 11.9. The largest absolute Gasteiger partial charge is 0.0751 e. The van der Waals surface area contributed by atoms with Crippen molar-refractivity contribution >= 4 is 55.2 Å². The van der Waals surface area contributed by atoms with Crippen LogP contribution < -0.4 is 10.4 Å². The van der Waals surface area contributed by atoms with E-state index >= 15 is 0 Å². The summed E-state index contributed by atoms with van der Waals surface area (Å²) in [4.78, 5) is 0. The normalized spacial score (nSPS) is 21.8. The second-order valence-corrected chi connectivity index (χ2v) is 11.9. The Labute approximate surface area is 321 Å². The minimum atomic E-state index is -1.96. The molecule has 234 valence electrons. The van der Waals surface area contributed by atoms with Gasteiger partial charge in [0.1, 0.15) is 0 Å². The van der Waals surface area contributed by atoms with Gasteiger partial charge in [-0.15, -0.1) is 0 Å². The van der Waals surface area contributed by atoms with Gasteiger partial charge in [-0.1, -0.05) is 175 Å². The predicted octanol–water partition coefficient (Wildman–Crippen LogP) is 12.0. The fourth-order valence-corrected chi connectivity index (χ4v) is 6.70. The van der Waals surface area contributed by atoms with Crippen LogP contribution in [0.25, 0.3) is 88.6 Å². The van der Waals surface area contributed by atoms with Gasteiger partial charge >= 0.3 is 0 Å². The van der Waals surface area contributed by atoms with Crippen LogP contribution in [0, 0.1) is 0 Å². The molecule has 2 atom stereocenters. The molecule has 0 heterocycles. The average molecular weight is 656 g/mol. The van der Waals surface area contributed by atoms with Crippen molar-refractivity contribution in [2.45, 2.75) is 12.3 Å². The summed E-state index contributed by atoms with van der Waals surface area (Å²) in [7, 11) is 0. The zero-order chi connectivity index (χ0) is 51.3. The monoisotopic (exact) mass is 655 g/mol. The minimum absolute atomic E-state index is 0.0753. The summed E-state index contributed by atoms with van der Waals surface area (Å²) in [6.45, 7) is 0. The first kappa shape index (κ1) is 14.7. The lowest BCUT2D eigenvalue weighted by Gasteiger charge is -2.22. The molecule has 2 unspecified atom stereocenters. The maximum atomic E-state index is 10.3. The van der Waals surface area contributed by atoms with Gasteiger partial charge in [0.05, 0.1) is 27.4 Å². The SMILES string of the molecule is [2H]C1=c2c(-c3ccc(-c4ccc5ccccc5c4)cc3)c3c([2H])c([2H])c([2H])c([2H])c3c(-c3c([2H])c([2H])c4c([2H])c([2H])c([2H])c([2H])c4c3[2H])c2=C([2H])C(c2c([2H])c([2H])c([2H])c3c([2H])c([2H])c([2H])c([2H])c23)C1[2H]. The lowest BCUT2D eigenvalue weighted by Crippen LogP contribution is -2.33. The molecule has 0 bridgehead atoms. The molecule has 0 N–H and O–H groups in total. The zero-order valence-electron chi connectivity index (χ0n) is 47.0. The third kappa shape index (κ3) is 4.76. The molecule has 0 aromatic heterocycles. The van der Waals surface area contributed by atoms with Crippen molar-refractivity contribution in [1.82, 2.24) is 0 Å². The van der Waals surface area contributed by atoms with Gasteiger partial charge in [0.25, 0.3) is 0 Å². The van der Waals surface area contributed by atoms with Gasteiger partial charge in [-0.3, -0.25) is 0 Å². The quantitative estimate of drug-likeness (QED) is 0.177. The second kappa shape index (κ2) is 11.7. The topological polar surface area (TPSA) is 0 Å². The molecule has 0 saturated carbocycles. The first-order valence-corrected chi connectivity index (χ1v) is 15.8. The minimum Gasteiger partial charge on any atom is -0.0751 e. The maximum Gasteiger partial charge on any atom is 0.0636 e. The van der Waals surface area contributed by atoms with Crippen LogP contribution in [0.15, 0.2) is 175 Å². The summed E-state index contributed by atoms with van der Waals surface area (Å²) in [5, 5.41) is -1.47. The summed E-state index contributed by atoms with van der Waals surface area (Å²) in [6, 6.07) is 5.13. The molecule has 0 spiro atoms. The Morgan fingerprint density at radius 3 is 1.92 bits per heavy atom. The lowest BCUT2D eigenvalue weighted by atomic mass is 9.81. The predicted molar refractivity (Wildman–Crippen MR) is 215 cm³/mol. The molecule has 10 rings (SSSR count). The van der Waals surface area contributed by atoms with Crippen LogP contribution in [-0.4, -0.2) is 0 Å². The molecular weight excluding hydrogens is 601 g/mol. The molecule has 0 heteroatoms. The highest BCUT2D eigenvalue weighted by molar-refractivity contribution is 6.07. The summed E-state index contributed by atoms with van der Waals surface area (Å²) in [5.41, 5.74) is 0.0616. The number of fused-ring (bicyclic) bond motifs is 5. The molecule has 0 fully saturated rings. The molecule has 50 heavy (non-hydrogen) atoms. The number of hydrogen-bond acceptors (Lipinski definition) is 0. The molecule has 0 nitrogen and oxygen atoms in total. The van der Waals surface area contributed by atoms with Gasteiger partial charge in [-0.2, -0.15) is 0 Å². The van der Waals surface area contributed by atoms with Crippen molar-refractivity contribution in [3.8, 4) is 33.4 Å². The van der Waals surface area contributed by atoms with Crippen LogP contribution in [0.4, 0.5) is 0 Å². The van der Waals surface area contributed by atoms with Gasteiger partial charge in [0.2, 0.25) is 0 Å². The summed E-state index contributed by atoms with van der Waals surface area (Å²) in [5.74, 6) is -1.90. The Bertz CT molecular complexity index is 4060. The van der Waals surface area contributed by atoms with Gasteiger partial charge in [-0.25, -0.2) is 0 Å². The van der Waals surface area contributed by atoms with E-state index in [0.29, 0.717) is 0 Å². The van der Waals surface area contributed by atoms with E-state index in [9.17, 15) is 12.3 Å². The number of benzene rings is 9. The summed E-state index contributed by atoms with van der Waals surface area (Å²) < 4.78 is 191. The highest BCUT2D eigenvalue weighted by atomic mass is 14.2. The fourth-order valence-electron chi connectivity index (χ4n) is 6.70. The third-order valence-electron chi connectivity index (χ3n) is 9.04. The van der Waals surface area contributed by atoms with E-state index in [2.05, 4.69) is 0 Å². The van der Waals surface area contributed by atoms with Gasteiger partial charge in [0.15, 0.2) is 0 Å². The van der Waals surface area contributed by atoms with Crippen LogP contribution in [0.5, 0.6) is 0 Å². The molecule has 0 saturated heterocycles. The van der Waals surface area contributed by atoms with E-state index in [-0.39, 0.29) is 21.7 Å². The van der Waals surface area contributed by atoms with Crippen LogP contribution >= 0.6 is 0 Å². The molecule has 0 aliphatic heterocycles. The first-order valence-electron chi connectivity index (χ1n) is 26.4.